The van der Waals surface area contributed by atoms with Crippen LogP contribution in [0.4, 0.5) is 4.39 Å². The van der Waals surface area contributed by atoms with Crippen LogP contribution in [0.5, 0.6) is 0 Å². The first-order chi connectivity index (χ1) is 4.48. The largest absolute Gasteiger partial charge is 0.260 e. The number of hydrogen-bond donors (Lipinski definition) is 0. The van der Waals surface area contributed by atoms with E-state index in [1.54, 1.807) is 0 Å². The maximum absolute atomic E-state index is 12.6. The second-order valence-corrected chi connectivity index (χ2v) is 3.67. The Morgan fingerprint density at radius 1 is 1.60 bits per heavy atom. The van der Waals surface area contributed by atoms with Gasteiger partial charge in [0.15, 0.2) is 0 Å². The highest BCUT2D eigenvalue weighted by atomic mass is 35.5. The van der Waals surface area contributed by atoms with Gasteiger partial charge in [0, 0.05) is 5.92 Å². The molecular weight excluding hydrogens is 174 g/mol. The molecule has 0 aliphatic carbocycles. The highest BCUT2D eigenvalue weighted by Gasteiger charge is 2.29. The van der Waals surface area contributed by atoms with Crippen LogP contribution in [0.3, 0.4) is 0 Å². The third-order valence-electron chi connectivity index (χ3n) is 1.37. The molecule has 0 rings (SSSR count). The maximum Gasteiger partial charge on any atom is 0.260 e. The minimum absolute atomic E-state index is 0.518. The van der Waals surface area contributed by atoms with Crippen LogP contribution in [-0.2, 0) is 0 Å². The highest BCUT2D eigenvalue weighted by molar-refractivity contribution is 6.47. The van der Waals surface area contributed by atoms with Crippen molar-refractivity contribution in [2.45, 2.75) is 30.8 Å². The van der Waals surface area contributed by atoms with Crippen LogP contribution in [0.15, 0.2) is 0 Å². The van der Waals surface area contributed by atoms with E-state index in [2.05, 4.69) is 6.92 Å². The van der Waals surface area contributed by atoms with Crippen molar-refractivity contribution in [3.8, 4) is 0 Å². The summed E-state index contributed by atoms with van der Waals surface area (Å²) in [6, 6.07) is 0. The normalized spacial score (nSPS) is 15.3. The van der Waals surface area contributed by atoms with Crippen molar-refractivity contribution < 1.29 is 4.39 Å². The molecule has 0 saturated heterocycles. The van der Waals surface area contributed by atoms with Crippen LogP contribution in [0.1, 0.15) is 26.2 Å². The van der Waals surface area contributed by atoms with E-state index in [0.29, 0.717) is 6.42 Å². The summed E-state index contributed by atoms with van der Waals surface area (Å²) in [6.07, 6.45) is 2.56. The fourth-order valence-corrected chi connectivity index (χ4v) is 0.832. The molecule has 0 aromatic heterocycles. The molecule has 0 amide bonds. The molecule has 1 unspecified atom stereocenters. The van der Waals surface area contributed by atoms with Gasteiger partial charge in [-0.1, -0.05) is 43.0 Å². The van der Waals surface area contributed by atoms with Crippen LogP contribution in [0, 0.1) is 12.8 Å². The van der Waals surface area contributed by atoms with Gasteiger partial charge in [-0.2, -0.15) is 0 Å². The van der Waals surface area contributed by atoms with E-state index in [1.165, 1.54) is 0 Å². The Kier molecular flexibility index (Phi) is 4.63. The number of hydrogen-bond acceptors (Lipinski definition) is 0. The van der Waals surface area contributed by atoms with E-state index >= 15 is 0 Å². The Bertz CT molecular complexity index is 88.1. The van der Waals surface area contributed by atoms with Crippen molar-refractivity contribution in [1.82, 2.24) is 0 Å². The van der Waals surface area contributed by atoms with Crippen molar-refractivity contribution in [3.63, 3.8) is 0 Å². The van der Waals surface area contributed by atoms with E-state index in [9.17, 15) is 4.39 Å². The van der Waals surface area contributed by atoms with Gasteiger partial charge in [-0.25, -0.2) is 4.39 Å². The van der Waals surface area contributed by atoms with Crippen molar-refractivity contribution in [2.24, 2.45) is 5.92 Å². The van der Waals surface area contributed by atoms with Crippen LogP contribution >= 0.6 is 23.2 Å². The smallest absolute Gasteiger partial charge is 0.208 e. The monoisotopic (exact) mass is 185 g/mol. The van der Waals surface area contributed by atoms with Gasteiger partial charge in [0.2, 0.25) is 0 Å². The Hall–Kier alpha value is 0.510. The van der Waals surface area contributed by atoms with Crippen LogP contribution < -0.4 is 0 Å². The first-order valence-corrected chi connectivity index (χ1v) is 4.14. The Morgan fingerprint density at radius 3 is 2.40 bits per heavy atom. The minimum Gasteiger partial charge on any atom is -0.208 e. The van der Waals surface area contributed by atoms with Crippen molar-refractivity contribution in [1.29, 1.82) is 0 Å². The molecule has 3 heteroatoms. The molecule has 1 atom stereocenters. The van der Waals surface area contributed by atoms with Gasteiger partial charge in [-0.15, -0.1) is 0 Å². The van der Waals surface area contributed by atoms with E-state index in [1.807, 2.05) is 6.92 Å². The molecule has 0 bridgehead atoms. The Balaban J connectivity index is 3.52. The lowest BCUT2D eigenvalue weighted by Gasteiger charge is -2.17. The average molecular weight is 186 g/mol. The second-order valence-electron chi connectivity index (χ2n) is 2.38. The molecular formula is C7H12Cl2F. The van der Waals surface area contributed by atoms with Crippen LogP contribution in [0.25, 0.3) is 0 Å². The van der Waals surface area contributed by atoms with Crippen LogP contribution in [0.2, 0.25) is 0 Å². The summed E-state index contributed by atoms with van der Waals surface area (Å²) in [4.78, 5) is 0. The molecule has 0 N–H and O–H groups in total. The predicted molar refractivity (Wildman–Crippen MR) is 43.9 cm³/mol. The van der Waals surface area contributed by atoms with Gasteiger partial charge >= 0.3 is 0 Å². The Labute approximate surface area is 71.7 Å². The standard InChI is InChI=1S/C7H12Cl2F/c1-3-4-5-6(2)7(8,9)10/h6H,2-5H2,1H3. The molecule has 0 aromatic carbocycles. The number of rotatable bonds is 4. The van der Waals surface area contributed by atoms with Gasteiger partial charge in [-0.05, 0) is 13.3 Å². The molecule has 0 nitrogen and oxygen atoms in total. The summed E-state index contributed by atoms with van der Waals surface area (Å²) in [6.45, 7) is 5.53. The van der Waals surface area contributed by atoms with Gasteiger partial charge in [-0.3, -0.25) is 0 Å². The summed E-state index contributed by atoms with van der Waals surface area (Å²) in [5.41, 5.74) is 0. The van der Waals surface area contributed by atoms with E-state index in [0.717, 1.165) is 12.8 Å². The van der Waals surface area contributed by atoms with E-state index in [4.69, 9.17) is 23.2 Å². The van der Waals surface area contributed by atoms with Gasteiger partial charge in [0.05, 0.1) is 0 Å². The molecule has 1 radical (unpaired) electrons. The summed E-state index contributed by atoms with van der Waals surface area (Å²) in [5, 5.41) is 0. The lowest BCUT2D eigenvalue weighted by Crippen LogP contribution is -2.16. The summed E-state index contributed by atoms with van der Waals surface area (Å²) < 4.78 is 10.4. The van der Waals surface area contributed by atoms with Crippen molar-refractivity contribution in [3.05, 3.63) is 6.92 Å². The molecule has 0 saturated carbocycles. The first-order valence-electron chi connectivity index (χ1n) is 3.38. The van der Waals surface area contributed by atoms with Crippen molar-refractivity contribution in [2.75, 3.05) is 0 Å². The molecule has 0 aliphatic heterocycles. The zero-order valence-corrected chi connectivity index (χ0v) is 7.55. The lowest BCUT2D eigenvalue weighted by molar-refractivity contribution is 0.294. The third-order valence-corrected chi connectivity index (χ3v) is 1.99. The first kappa shape index (κ1) is 10.5. The molecule has 61 valence electrons. The van der Waals surface area contributed by atoms with Crippen LogP contribution in [-0.4, -0.2) is 4.59 Å². The highest BCUT2D eigenvalue weighted by Crippen LogP contribution is 2.34. The topological polar surface area (TPSA) is 0 Å². The molecule has 0 spiro atoms. The Morgan fingerprint density at radius 2 is 2.10 bits per heavy atom. The average Bonchev–Trinajstić information content (AvgIpc) is 1.80. The van der Waals surface area contributed by atoms with E-state index in [-0.39, 0.29) is 0 Å². The second kappa shape index (κ2) is 4.40. The van der Waals surface area contributed by atoms with Crippen molar-refractivity contribution >= 4 is 23.2 Å². The van der Waals surface area contributed by atoms with Gasteiger partial charge < -0.3 is 0 Å². The summed E-state index contributed by atoms with van der Waals surface area (Å²) in [7, 11) is 0. The minimum atomic E-state index is -2.16. The fraction of sp³-hybridized carbons (Fsp3) is 0.857. The number of halogens is 3. The van der Waals surface area contributed by atoms with Gasteiger partial charge in [0.25, 0.3) is 4.59 Å². The summed E-state index contributed by atoms with van der Waals surface area (Å²) in [5.74, 6) is -0.518. The molecule has 0 aromatic rings. The zero-order valence-electron chi connectivity index (χ0n) is 6.04. The van der Waals surface area contributed by atoms with Gasteiger partial charge in [0.1, 0.15) is 0 Å². The quantitative estimate of drug-likeness (QED) is 0.586. The molecule has 0 heterocycles. The fourth-order valence-electron chi connectivity index (χ4n) is 0.614. The summed E-state index contributed by atoms with van der Waals surface area (Å²) >= 11 is 10.3. The molecule has 10 heavy (non-hydrogen) atoms. The SMILES string of the molecule is [CH2]C(CCCC)C(F)(Cl)Cl. The lowest BCUT2D eigenvalue weighted by atomic mass is 10.1. The molecule has 0 fully saturated rings. The molecule has 0 aliphatic rings. The predicted octanol–water partition coefficient (Wildman–Crippen LogP) is 3.73. The number of alkyl halides is 3. The third kappa shape index (κ3) is 4.35. The maximum atomic E-state index is 12.6. The zero-order chi connectivity index (χ0) is 8.20. The van der Waals surface area contributed by atoms with E-state index < -0.39 is 10.5 Å². The number of unbranched alkanes of at least 4 members (excludes halogenated alkanes) is 1.